The highest BCUT2D eigenvalue weighted by Gasteiger charge is 1.95. The van der Waals surface area contributed by atoms with Gasteiger partial charge in [-0.2, -0.15) is 0 Å². The Morgan fingerprint density at radius 1 is 0.333 bits per heavy atom. The van der Waals surface area contributed by atoms with Crippen molar-refractivity contribution in [3.8, 4) is 0 Å². The minimum absolute atomic E-state index is 0.396. The molecule has 1 aliphatic heterocycles. The van der Waals surface area contributed by atoms with Gasteiger partial charge in [-0.1, -0.05) is 0 Å². The average Bonchev–Trinajstić information content (AvgIpc) is 2.50. The Kier molecular flexibility index (Phi) is 14.3. The molecule has 0 saturated carbocycles. The first-order valence-corrected chi connectivity index (χ1v) is 7.12. The van der Waals surface area contributed by atoms with Gasteiger partial charge in [0.05, 0.1) is 79.3 Å². The van der Waals surface area contributed by atoms with Gasteiger partial charge in [-0.3, -0.25) is 9.68 Å². The lowest BCUT2D eigenvalue weighted by Crippen LogP contribution is -2.34. The minimum atomic E-state index is 0.396. The first-order chi connectivity index (χ1) is 10.5. The summed E-state index contributed by atoms with van der Waals surface area (Å²) in [5.74, 6) is 0. The van der Waals surface area contributed by atoms with E-state index in [-0.39, 0.29) is 0 Å². The summed E-state index contributed by atoms with van der Waals surface area (Å²) in [6.07, 6.45) is 0. The molecule has 9 heteroatoms. The molecule has 126 valence electrons. The Labute approximate surface area is 125 Å². The fourth-order valence-electron chi connectivity index (χ4n) is 1.34. The number of hydrazine groups is 1. The molecule has 1 heterocycles. The van der Waals surface area contributed by atoms with E-state index in [1.807, 2.05) is 0 Å². The van der Waals surface area contributed by atoms with Crippen LogP contribution in [0, 0.1) is 0 Å². The summed E-state index contributed by atoms with van der Waals surface area (Å²) in [7, 11) is 0. The fourth-order valence-corrected chi connectivity index (χ4v) is 1.34. The zero-order chi connectivity index (χ0) is 14.8. The third kappa shape index (κ3) is 14.3. The molecule has 0 unspecified atom stereocenters. The number of nitrogens with one attached hydrogen (secondary N) is 2. The van der Waals surface area contributed by atoms with E-state index in [2.05, 4.69) is 11.2 Å². The lowest BCUT2D eigenvalue weighted by molar-refractivity contribution is -0.127. The molecule has 0 aromatic carbocycles. The van der Waals surface area contributed by atoms with Gasteiger partial charge in [-0.15, -0.1) is 11.2 Å². The monoisotopic (exact) mass is 310 g/mol. The smallest absolute Gasteiger partial charge is 0.0933 e. The van der Waals surface area contributed by atoms with Gasteiger partial charge >= 0.3 is 0 Å². The molecular formula is C12H26N2O7. The van der Waals surface area contributed by atoms with Gasteiger partial charge in [-0.05, 0) is 0 Å². The average molecular weight is 310 g/mol. The van der Waals surface area contributed by atoms with Crippen LogP contribution < -0.4 is 11.2 Å². The molecule has 0 aromatic rings. The maximum Gasteiger partial charge on any atom is 0.0933 e. The molecule has 0 atom stereocenters. The van der Waals surface area contributed by atoms with E-state index >= 15 is 0 Å². The normalized spacial score (nSPS) is 24.0. The molecule has 1 rings (SSSR count). The summed E-state index contributed by atoms with van der Waals surface area (Å²) < 4.78 is 26.6. The summed E-state index contributed by atoms with van der Waals surface area (Å²) >= 11 is 0. The van der Waals surface area contributed by atoms with Gasteiger partial charge in [0.15, 0.2) is 0 Å². The van der Waals surface area contributed by atoms with Crippen molar-refractivity contribution in [1.29, 1.82) is 0 Å². The highest BCUT2D eigenvalue weighted by atomic mass is 16.8. The molecule has 0 radical (unpaired) electrons. The van der Waals surface area contributed by atoms with E-state index in [1.54, 1.807) is 0 Å². The zero-order valence-electron chi connectivity index (χ0n) is 12.3. The summed E-state index contributed by atoms with van der Waals surface area (Å²) in [5, 5.41) is 0. The number of hydrogen-bond acceptors (Lipinski definition) is 9. The Morgan fingerprint density at radius 2 is 0.571 bits per heavy atom. The number of ether oxygens (including phenoxy) is 5. The topological polar surface area (TPSA) is 88.7 Å². The predicted octanol–water partition coefficient (Wildman–Crippen LogP) is -0.960. The van der Waals surface area contributed by atoms with Crippen LogP contribution in [0.1, 0.15) is 0 Å². The van der Waals surface area contributed by atoms with Crippen molar-refractivity contribution in [2.45, 2.75) is 0 Å². The summed E-state index contributed by atoms with van der Waals surface area (Å²) in [6, 6.07) is 0. The largest absolute Gasteiger partial charge is 0.377 e. The maximum atomic E-state index is 5.34. The van der Waals surface area contributed by atoms with Crippen LogP contribution >= 0.6 is 0 Å². The summed E-state index contributed by atoms with van der Waals surface area (Å²) in [6.45, 7) is 6.04. The molecule has 0 spiro atoms. The molecular weight excluding hydrogens is 284 g/mol. The Bertz CT molecular complexity index is 120. The molecule has 0 aromatic heterocycles. The molecule has 1 aliphatic rings. The van der Waals surface area contributed by atoms with Crippen molar-refractivity contribution in [2.75, 3.05) is 79.3 Å². The van der Waals surface area contributed by atoms with Crippen LogP contribution in [0.15, 0.2) is 0 Å². The molecule has 9 nitrogen and oxygen atoms in total. The van der Waals surface area contributed by atoms with Crippen molar-refractivity contribution in [3.63, 3.8) is 0 Å². The second-order valence-corrected chi connectivity index (χ2v) is 3.96. The Balaban J connectivity index is 2.00. The molecule has 0 bridgehead atoms. The molecule has 21 heavy (non-hydrogen) atoms. The van der Waals surface area contributed by atoms with E-state index in [4.69, 9.17) is 33.4 Å². The van der Waals surface area contributed by atoms with Crippen molar-refractivity contribution in [1.82, 2.24) is 11.2 Å². The van der Waals surface area contributed by atoms with Gasteiger partial charge in [-0.25, -0.2) is 0 Å². The van der Waals surface area contributed by atoms with Crippen LogP contribution in [0.4, 0.5) is 0 Å². The van der Waals surface area contributed by atoms with Gasteiger partial charge in [0.25, 0.3) is 0 Å². The van der Waals surface area contributed by atoms with E-state index < -0.39 is 0 Å². The van der Waals surface area contributed by atoms with Gasteiger partial charge < -0.3 is 23.7 Å². The molecule has 2 N–H and O–H groups in total. The quantitative estimate of drug-likeness (QED) is 0.587. The molecule has 1 fully saturated rings. The minimum Gasteiger partial charge on any atom is -0.377 e. The van der Waals surface area contributed by atoms with Crippen LogP contribution in [-0.4, -0.2) is 79.3 Å². The zero-order valence-corrected chi connectivity index (χ0v) is 12.3. The molecule has 0 amide bonds. The van der Waals surface area contributed by atoms with Crippen molar-refractivity contribution in [2.24, 2.45) is 0 Å². The third-order valence-electron chi connectivity index (χ3n) is 2.33. The van der Waals surface area contributed by atoms with E-state index in [9.17, 15) is 0 Å². The lowest BCUT2D eigenvalue weighted by atomic mass is 10.7. The number of rotatable bonds is 0. The Morgan fingerprint density at radius 3 is 0.857 bits per heavy atom. The van der Waals surface area contributed by atoms with Crippen LogP contribution in [0.3, 0.4) is 0 Å². The van der Waals surface area contributed by atoms with Gasteiger partial charge in [0, 0.05) is 0 Å². The van der Waals surface area contributed by atoms with Crippen LogP contribution in [0.2, 0.25) is 0 Å². The first-order valence-electron chi connectivity index (χ1n) is 7.12. The summed E-state index contributed by atoms with van der Waals surface area (Å²) in [5.41, 5.74) is 4.87. The maximum absolute atomic E-state index is 5.34. The van der Waals surface area contributed by atoms with Crippen molar-refractivity contribution < 1.29 is 33.4 Å². The van der Waals surface area contributed by atoms with Crippen LogP contribution in [-0.2, 0) is 33.4 Å². The van der Waals surface area contributed by atoms with Crippen LogP contribution in [0.5, 0.6) is 0 Å². The predicted molar refractivity (Wildman–Crippen MR) is 72.3 cm³/mol. The highest BCUT2D eigenvalue weighted by molar-refractivity contribution is 4.36. The van der Waals surface area contributed by atoms with Crippen LogP contribution in [0.25, 0.3) is 0 Å². The highest BCUT2D eigenvalue weighted by Crippen LogP contribution is 1.84. The standard InChI is InChI=1S/C12H26N2O7/c1-3-16-5-7-18-9-11-20-13-14-21-12-10-19-8-6-17-4-2-15-1/h13-14H,1-12H2. The van der Waals surface area contributed by atoms with Gasteiger partial charge in [0.2, 0.25) is 0 Å². The van der Waals surface area contributed by atoms with E-state index in [0.717, 1.165) is 0 Å². The van der Waals surface area contributed by atoms with Gasteiger partial charge in [0.1, 0.15) is 0 Å². The van der Waals surface area contributed by atoms with E-state index in [0.29, 0.717) is 79.3 Å². The molecule has 1 saturated heterocycles. The number of hydrogen-bond donors (Lipinski definition) is 2. The van der Waals surface area contributed by atoms with E-state index in [1.165, 1.54) is 0 Å². The SMILES string of the molecule is C1COCCOCCONNOCCOCCOCCO1. The Hall–Kier alpha value is -0.360. The van der Waals surface area contributed by atoms with Crippen molar-refractivity contribution in [3.05, 3.63) is 0 Å². The first kappa shape index (κ1) is 18.7. The lowest BCUT2D eigenvalue weighted by Gasteiger charge is -2.08. The fraction of sp³-hybridized carbons (Fsp3) is 1.00. The summed E-state index contributed by atoms with van der Waals surface area (Å²) in [4.78, 5) is 10.00. The second kappa shape index (κ2) is 16.0. The third-order valence-corrected chi connectivity index (χ3v) is 2.33. The second-order valence-electron chi connectivity index (χ2n) is 3.96. The van der Waals surface area contributed by atoms with Crippen molar-refractivity contribution >= 4 is 0 Å². The molecule has 0 aliphatic carbocycles.